The molecule has 0 amide bonds. The Labute approximate surface area is 113 Å². The lowest BCUT2D eigenvalue weighted by molar-refractivity contribution is 1.07. The number of benzene rings is 3. The smallest absolute Gasteiger partial charge is 0.0178 e. The average molecular weight is 247 g/mol. The number of rotatable bonds is 2. The van der Waals surface area contributed by atoms with Gasteiger partial charge < -0.3 is 5.73 Å². The molecule has 0 aliphatic carbocycles. The summed E-state index contributed by atoms with van der Waals surface area (Å²) in [6, 6.07) is 21.6. The molecule has 0 aliphatic rings. The maximum atomic E-state index is 5.70. The molecule has 0 saturated heterocycles. The Morgan fingerprint density at radius 3 is 2.37 bits per heavy atom. The Hall–Kier alpha value is -2.12. The quantitative estimate of drug-likeness (QED) is 0.719. The van der Waals surface area contributed by atoms with Gasteiger partial charge in [0.1, 0.15) is 0 Å². The molecule has 0 heterocycles. The summed E-state index contributed by atoms with van der Waals surface area (Å²) in [7, 11) is 0. The van der Waals surface area contributed by atoms with Crippen molar-refractivity contribution in [1.82, 2.24) is 0 Å². The lowest BCUT2D eigenvalue weighted by atomic mass is 9.99. The van der Waals surface area contributed by atoms with E-state index in [0.29, 0.717) is 6.54 Å². The Kier molecular flexibility index (Phi) is 3.06. The van der Waals surface area contributed by atoms with Gasteiger partial charge in [0, 0.05) is 6.54 Å². The first-order chi connectivity index (χ1) is 9.26. The molecule has 3 aromatic rings. The average Bonchev–Trinajstić information content (AvgIpc) is 2.46. The van der Waals surface area contributed by atoms with E-state index in [4.69, 9.17) is 5.73 Å². The van der Waals surface area contributed by atoms with Gasteiger partial charge >= 0.3 is 0 Å². The van der Waals surface area contributed by atoms with Crippen LogP contribution in [-0.4, -0.2) is 0 Å². The lowest BCUT2D eigenvalue weighted by Crippen LogP contribution is -1.95. The van der Waals surface area contributed by atoms with E-state index >= 15 is 0 Å². The van der Waals surface area contributed by atoms with Gasteiger partial charge in [-0.2, -0.15) is 0 Å². The zero-order chi connectivity index (χ0) is 13.2. The molecular formula is C18H17N. The maximum Gasteiger partial charge on any atom is 0.0178 e. The van der Waals surface area contributed by atoms with Gasteiger partial charge in [0.25, 0.3) is 0 Å². The van der Waals surface area contributed by atoms with Crippen LogP contribution in [0, 0.1) is 6.92 Å². The van der Waals surface area contributed by atoms with Crippen molar-refractivity contribution in [2.24, 2.45) is 5.73 Å². The normalized spacial score (nSPS) is 10.8. The van der Waals surface area contributed by atoms with Crippen LogP contribution in [0.2, 0.25) is 0 Å². The van der Waals surface area contributed by atoms with Gasteiger partial charge in [-0.15, -0.1) is 0 Å². The monoisotopic (exact) mass is 247 g/mol. The highest BCUT2D eigenvalue weighted by atomic mass is 14.5. The molecule has 3 aromatic carbocycles. The molecule has 0 bridgehead atoms. The number of aryl methyl sites for hydroxylation is 1. The first kappa shape index (κ1) is 11.9. The van der Waals surface area contributed by atoms with E-state index in [1.54, 1.807) is 0 Å². The molecule has 3 rings (SSSR count). The summed E-state index contributed by atoms with van der Waals surface area (Å²) in [5.41, 5.74) is 10.6. The van der Waals surface area contributed by atoms with Gasteiger partial charge in [0.15, 0.2) is 0 Å². The third-order valence-electron chi connectivity index (χ3n) is 3.49. The summed E-state index contributed by atoms with van der Waals surface area (Å²) in [6.07, 6.45) is 0. The van der Waals surface area contributed by atoms with Crippen molar-refractivity contribution < 1.29 is 0 Å². The van der Waals surface area contributed by atoms with Gasteiger partial charge in [0.2, 0.25) is 0 Å². The third-order valence-corrected chi connectivity index (χ3v) is 3.49. The molecule has 0 fully saturated rings. The minimum absolute atomic E-state index is 0.584. The Morgan fingerprint density at radius 2 is 1.53 bits per heavy atom. The standard InChI is InChI=1S/C18H17N/c1-13-5-6-17-11-18(8-7-16(17)9-13)15-4-2-3-14(10-15)12-19/h2-11H,12,19H2,1H3. The SMILES string of the molecule is Cc1ccc2cc(-c3cccc(CN)c3)ccc2c1. The van der Waals surface area contributed by atoms with Crippen LogP contribution in [0.3, 0.4) is 0 Å². The summed E-state index contributed by atoms with van der Waals surface area (Å²) in [6.45, 7) is 2.71. The molecule has 0 saturated carbocycles. The fraction of sp³-hybridized carbons (Fsp3) is 0.111. The third kappa shape index (κ3) is 2.38. The first-order valence-corrected chi connectivity index (χ1v) is 6.56. The predicted molar refractivity (Wildman–Crippen MR) is 82.0 cm³/mol. The van der Waals surface area contributed by atoms with E-state index < -0.39 is 0 Å². The van der Waals surface area contributed by atoms with Crippen LogP contribution in [0.5, 0.6) is 0 Å². The highest BCUT2D eigenvalue weighted by Crippen LogP contribution is 2.25. The maximum absolute atomic E-state index is 5.70. The molecular weight excluding hydrogens is 230 g/mol. The van der Waals surface area contributed by atoms with Gasteiger partial charge in [-0.3, -0.25) is 0 Å². The highest BCUT2D eigenvalue weighted by molar-refractivity contribution is 5.87. The Balaban J connectivity index is 2.12. The van der Waals surface area contributed by atoms with Gasteiger partial charge in [0.05, 0.1) is 0 Å². The molecule has 19 heavy (non-hydrogen) atoms. The highest BCUT2D eigenvalue weighted by Gasteiger charge is 2.01. The van der Waals surface area contributed by atoms with E-state index in [2.05, 4.69) is 67.6 Å². The summed E-state index contributed by atoms with van der Waals surface area (Å²) in [4.78, 5) is 0. The number of hydrogen-bond donors (Lipinski definition) is 1. The molecule has 1 heteroatoms. The predicted octanol–water partition coefficient (Wildman–Crippen LogP) is 4.27. The number of hydrogen-bond acceptors (Lipinski definition) is 1. The van der Waals surface area contributed by atoms with Crippen molar-refractivity contribution in [2.75, 3.05) is 0 Å². The Bertz CT molecular complexity index is 729. The summed E-state index contributed by atoms with van der Waals surface area (Å²) in [5.74, 6) is 0. The minimum Gasteiger partial charge on any atom is -0.326 e. The second-order valence-corrected chi connectivity index (χ2v) is 4.97. The van der Waals surface area contributed by atoms with Crippen LogP contribution in [0.15, 0.2) is 60.7 Å². The fourth-order valence-electron chi connectivity index (χ4n) is 2.42. The largest absolute Gasteiger partial charge is 0.326 e. The van der Waals surface area contributed by atoms with Crippen LogP contribution in [0.1, 0.15) is 11.1 Å². The van der Waals surface area contributed by atoms with E-state index in [0.717, 1.165) is 0 Å². The van der Waals surface area contributed by atoms with E-state index in [-0.39, 0.29) is 0 Å². The zero-order valence-corrected chi connectivity index (χ0v) is 11.1. The number of nitrogens with two attached hydrogens (primary N) is 1. The summed E-state index contributed by atoms with van der Waals surface area (Å²) in [5, 5.41) is 2.57. The van der Waals surface area contributed by atoms with Gasteiger partial charge in [-0.25, -0.2) is 0 Å². The van der Waals surface area contributed by atoms with Crippen LogP contribution >= 0.6 is 0 Å². The van der Waals surface area contributed by atoms with Crippen molar-refractivity contribution in [3.05, 3.63) is 71.8 Å². The van der Waals surface area contributed by atoms with Crippen LogP contribution < -0.4 is 5.73 Å². The molecule has 0 radical (unpaired) electrons. The second-order valence-electron chi connectivity index (χ2n) is 4.97. The van der Waals surface area contributed by atoms with Gasteiger partial charge in [-0.05, 0) is 46.5 Å². The molecule has 0 aromatic heterocycles. The second kappa shape index (κ2) is 4.87. The van der Waals surface area contributed by atoms with Gasteiger partial charge in [-0.1, -0.05) is 54.1 Å². The fourth-order valence-corrected chi connectivity index (χ4v) is 2.42. The van der Waals surface area contributed by atoms with Crippen molar-refractivity contribution in [3.8, 4) is 11.1 Å². The molecule has 0 atom stereocenters. The molecule has 1 nitrogen and oxygen atoms in total. The number of fused-ring (bicyclic) bond motifs is 1. The topological polar surface area (TPSA) is 26.0 Å². The summed E-state index contributed by atoms with van der Waals surface area (Å²) < 4.78 is 0. The van der Waals surface area contributed by atoms with E-state index in [1.165, 1.54) is 33.0 Å². The lowest BCUT2D eigenvalue weighted by Gasteiger charge is -2.06. The van der Waals surface area contributed by atoms with Crippen LogP contribution in [0.25, 0.3) is 21.9 Å². The minimum atomic E-state index is 0.584. The molecule has 2 N–H and O–H groups in total. The molecule has 0 aliphatic heterocycles. The molecule has 0 unspecified atom stereocenters. The van der Waals surface area contributed by atoms with Crippen molar-refractivity contribution in [1.29, 1.82) is 0 Å². The Morgan fingerprint density at radius 1 is 0.789 bits per heavy atom. The van der Waals surface area contributed by atoms with Crippen molar-refractivity contribution in [2.45, 2.75) is 13.5 Å². The summed E-state index contributed by atoms with van der Waals surface area (Å²) >= 11 is 0. The molecule has 94 valence electrons. The van der Waals surface area contributed by atoms with Crippen molar-refractivity contribution >= 4 is 10.8 Å². The van der Waals surface area contributed by atoms with Crippen LogP contribution in [-0.2, 0) is 6.54 Å². The van der Waals surface area contributed by atoms with Crippen molar-refractivity contribution in [3.63, 3.8) is 0 Å². The van der Waals surface area contributed by atoms with E-state index in [1.807, 2.05) is 0 Å². The van der Waals surface area contributed by atoms with Crippen LogP contribution in [0.4, 0.5) is 0 Å². The zero-order valence-electron chi connectivity index (χ0n) is 11.1. The first-order valence-electron chi connectivity index (χ1n) is 6.56. The molecule has 0 spiro atoms. The van der Waals surface area contributed by atoms with E-state index in [9.17, 15) is 0 Å².